The molecule has 42 heavy (non-hydrogen) atoms. The molecule has 1 atom stereocenters. The minimum atomic E-state index is -4.09. The topological polar surface area (TPSA) is 86.8 Å². The maximum Gasteiger partial charge on any atom is 0.264 e. The first kappa shape index (κ1) is 31.3. The molecule has 0 bridgehead atoms. The molecule has 3 aromatic rings. The Labute approximate surface area is 251 Å². The number of rotatable bonds is 11. The van der Waals surface area contributed by atoms with Crippen molar-refractivity contribution in [2.24, 2.45) is 0 Å². The van der Waals surface area contributed by atoms with Gasteiger partial charge in [0.05, 0.1) is 10.6 Å². The van der Waals surface area contributed by atoms with Gasteiger partial charge in [0.1, 0.15) is 12.6 Å². The molecule has 1 N–H and O–H groups in total. The SMILES string of the molecule is CC[C@@H](C(=O)NC1CCCCC1)N(Cc1cccc(C)c1)C(=O)CN(c1ccc(C)cc1C)S(=O)(=O)c1ccccc1. The molecule has 3 aromatic carbocycles. The Bertz CT molecular complexity index is 1480. The number of benzene rings is 3. The Hall–Kier alpha value is -3.65. The van der Waals surface area contributed by atoms with Crippen molar-refractivity contribution in [3.8, 4) is 0 Å². The highest BCUT2D eigenvalue weighted by molar-refractivity contribution is 7.92. The van der Waals surface area contributed by atoms with Gasteiger partial charge in [-0.25, -0.2) is 8.42 Å². The highest BCUT2D eigenvalue weighted by Crippen LogP contribution is 2.28. The molecule has 1 aliphatic carbocycles. The predicted octanol–water partition coefficient (Wildman–Crippen LogP) is 6.06. The fourth-order valence-corrected chi connectivity index (χ4v) is 7.29. The molecule has 0 aromatic heterocycles. The largest absolute Gasteiger partial charge is 0.352 e. The number of sulfonamides is 1. The molecule has 1 aliphatic rings. The van der Waals surface area contributed by atoms with Crippen LogP contribution in [-0.4, -0.2) is 43.8 Å². The molecular weight excluding hydrogens is 546 g/mol. The van der Waals surface area contributed by atoms with Gasteiger partial charge in [0.2, 0.25) is 11.8 Å². The molecule has 2 amide bonds. The molecule has 0 radical (unpaired) electrons. The van der Waals surface area contributed by atoms with Gasteiger partial charge in [0, 0.05) is 12.6 Å². The zero-order chi connectivity index (χ0) is 30.3. The summed E-state index contributed by atoms with van der Waals surface area (Å²) in [6, 6.07) is 20.9. The zero-order valence-corrected chi connectivity index (χ0v) is 26.0. The first-order chi connectivity index (χ1) is 20.1. The lowest BCUT2D eigenvalue weighted by Crippen LogP contribution is -2.54. The van der Waals surface area contributed by atoms with E-state index in [0.29, 0.717) is 12.1 Å². The Morgan fingerprint density at radius 1 is 0.881 bits per heavy atom. The molecule has 224 valence electrons. The summed E-state index contributed by atoms with van der Waals surface area (Å²) in [5.74, 6) is -0.615. The third kappa shape index (κ3) is 7.59. The van der Waals surface area contributed by atoms with E-state index in [9.17, 15) is 18.0 Å². The zero-order valence-electron chi connectivity index (χ0n) is 25.2. The summed E-state index contributed by atoms with van der Waals surface area (Å²) >= 11 is 0. The summed E-state index contributed by atoms with van der Waals surface area (Å²) < 4.78 is 29.3. The summed E-state index contributed by atoms with van der Waals surface area (Å²) in [7, 11) is -4.09. The van der Waals surface area contributed by atoms with E-state index in [1.54, 1.807) is 29.2 Å². The van der Waals surface area contributed by atoms with E-state index in [2.05, 4.69) is 5.32 Å². The molecule has 0 heterocycles. The molecule has 0 aliphatic heterocycles. The lowest BCUT2D eigenvalue weighted by atomic mass is 9.95. The fourth-order valence-electron chi connectivity index (χ4n) is 5.79. The van der Waals surface area contributed by atoms with Crippen molar-refractivity contribution < 1.29 is 18.0 Å². The van der Waals surface area contributed by atoms with Crippen molar-refractivity contribution in [1.82, 2.24) is 10.2 Å². The van der Waals surface area contributed by atoms with Crippen LogP contribution in [0.3, 0.4) is 0 Å². The second-order valence-corrected chi connectivity index (χ2v) is 13.3. The quantitative estimate of drug-likeness (QED) is 0.294. The first-order valence-electron chi connectivity index (χ1n) is 14.9. The van der Waals surface area contributed by atoms with E-state index in [0.717, 1.165) is 47.9 Å². The Morgan fingerprint density at radius 2 is 1.57 bits per heavy atom. The number of anilines is 1. The molecular formula is C34H43N3O4S. The number of amides is 2. The van der Waals surface area contributed by atoms with Crippen molar-refractivity contribution in [3.63, 3.8) is 0 Å². The Kier molecular flexibility index (Phi) is 10.4. The van der Waals surface area contributed by atoms with E-state index < -0.39 is 28.5 Å². The highest BCUT2D eigenvalue weighted by Gasteiger charge is 2.34. The molecule has 7 nitrogen and oxygen atoms in total. The predicted molar refractivity (Wildman–Crippen MR) is 168 cm³/mol. The lowest BCUT2D eigenvalue weighted by molar-refractivity contribution is -0.140. The number of carbonyl (C=O) groups is 2. The summed E-state index contributed by atoms with van der Waals surface area (Å²) in [5.41, 5.74) is 4.10. The maximum atomic E-state index is 14.3. The smallest absolute Gasteiger partial charge is 0.264 e. The summed E-state index contributed by atoms with van der Waals surface area (Å²) in [4.78, 5) is 29.6. The molecule has 0 spiro atoms. The van der Waals surface area contributed by atoms with E-state index in [1.165, 1.54) is 22.9 Å². The number of nitrogens with zero attached hydrogens (tertiary/aromatic N) is 2. The number of hydrogen-bond acceptors (Lipinski definition) is 4. The van der Waals surface area contributed by atoms with Gasteiger partial charge in [0.15, 0.2) is 0 Å². The molecule has 1 saturated carbocycles. The monoisotopic (exact) mass is 589 g/mol. The van der Waals surface area contributed by atoms with Crippen molar-refractivity contribution in [1.29, 1.82) is 0 Å². The Balaban J connectivity index is 1.72. The third-order valence-electron chi connectivity index (χ3n) is 8.00. The molecule has 8 heteroatoms. The minimum absolute atomic E-state index is 0.0985. The highest BCUT2D eigenvalue weighted by atomic mass is 32.2. The van der Waals surface area contributed by atoms with E-state index in [-0.39, 0.29) is 23.4 Å². The van der Waals surface area contributed by atoms with Crippen LogP contribution < -0.4 is 9.62 Å². The van der Waals surface area contributed by atoms with Crippen LogP contribution in [-0.2, 0) is 26.2 Å². The van der Waals surface area contributed by atoms with Crippen LogP contribution in [0.15, 0.2) is 77.7 Å². The van der Waals surface area contributed by atoms with Gasteiger partial charge in [-0.3, -0.25) is 13.9 Å². The number of nitrogens with one attached hydrogen (secondary N) is 1. The maximum absolute atomic E-state index is 14.3. The van der Waals surface area contributed by atoms with Crippen molar-refractivity contribution >= 4 is 27.5 Å². The minimum Gasteiger partial charge on any atom is -0.352 e. The van der Waals surface area contributed by atoms with Gasteiger partial charge >= 0.3 is 0 Å². The van der Waals surface area contributed by atoms with Crippen LogP contribution in [0.4, 0.5) is 5.69 Å². The van der Waals surface area contributed by atoms with E-state index >= 15 is 0 Å². The second-order valence-electron chi connectivity index (χ2n) is 11.4. The number of hydrogen-bond donors (Lipinski definition) is 1. The number of aryl methyl sites for hydroxylation is 3. The Morgan fingerprint density at radius 3 is 2.21 bits per heavy atom. The van der Waals surface area contributed by atoms with Gasteiger partial charge in [-0.2, -0.15) is 0 Å². The summed E-state index contributed by atoms with van der Waals surface area (Å²) in [6.45, 7) is 7.43. The van der Waals surface area contributed by atoms with Crippen molar-refractivity contribution in [3.05, 3.63) is 95.1 Å². The molecule has 4 rings (SSSR count). The molecule has 0 saturated heterocycles. The second kappa shape index (κ2) is 14.0. The third-order valence-corrected chi connectivity index (χ3v) is 9.78. The standard InChI is InChI=1S/C34H43N3O4S/c1-5-31(34(39)35-29-15-8-6-9-16-29)36(23-28-14-12-13-25(2)22-28)33(38)24-37(32-20-19-26(3)21-27(32)4)42(40,41)30-17-10-7-11-18-30/h7,10-14,17-22,29,31H,5-6,8-9,15-16,23-24H2,1-4H3,(H,35,39)/t31-/m0/s1. The summed E-state index contributed by atoms with van der Waals surface area (Å²) in [6.07, 6.45) is 5.61. The van der Waals surface area contributed by atoms with E-state index in [4.69, 9.17) is 0 Å². The van der Waals surface area contributed by atoms with Crippen LogP contribution >= 0.6 is 0 Å². The van der Waals surface area contributed by atoms with Crippen molar-refractivity contribution in [2.45, 2.75) is 89.7 Å². The number of carbonyl (C=O) groups excluding carboxylic acids is 2. The van der Waals surface area contributed by atoms with Gasteiger partial charge in [-0.1, -0.05) is 91.9 Å². The van der Waals surface area contributed by atoms with Crippen LogP contribution in [0.2, 0.25) is 0 Å². The first-order valence-corrected chi connectivity index (χ1v) is 16.3. The average molecular weight is 590 g/mol. The van der Waals surface area contributed by atoms with E-state index in [1.807, 2.05) is 64.1 Å². The van der Waals surface area contributed by atoms with Crippen LogP contribution in [0.25, 0.3) is 0 Å². The molecule has 0 unspecified atom stereocenters. The van der Waals surface area contributed by atoms with Gasteiger partial charge in [0.25, 0.3) is 10.0 Å². The van der Waals surface area contributed by atoms with Gasteiger partial charge in [-0.15, -0.1) is 0 Å². The van der Waals surface area contributed by atoms with Crippen LogP contribution in [0.1, 0.15) is 67.7 Å². The molecule has 1 fully saturated rings. The van der Waals surface area contributed by atoms with Crippen LogP contribution in [0.5, 0.6) is 0 Å². The van der Waals surface area contributed by atoms with Gasteiger partial charge < -0.3 is 10.2 Å². The summed E-state index contributed by atoms with van der Waals surface area (Å²) in [5, 5.41) is 3.19. The normalized spacial score (nSPS) is 14.7. The average Bonchev–Trinajstić information content (AvgIpc) is 2.97. The van der Waals surface area contributed by atoms with Gasteiger partial charge in [-0.05, 0) is 69.4 Å². The fraction of sp³-hybridized carbons (Fsp3) is 0.412. The van der Waals surface area contributed by atoms with Crippen LogP contribution in [0, 0.1) is 20.8 Å². The van der Waals surface area contributed by atoms with Crippen molar-refractivity contribution in [2.75, 3.05) is 10.8 Å². The lowest BCUT2D eigenvalue weighted by Gasteiger charge is -2.35.